The van der Waals surface area contributed by atoms with Crippen molar-refractivity contribution in [3.05, 3.63) is 82.7 Å². The highest BCUT2D eigenvalue weighted by atomic mass is 79.9. The van der Waals surface area contributed by atoms with E-state index in [4.69, 9.17) is 16.3 Å². The molecular formula is C20H17BrClN3O. The minimum atomic E-state index is 0.193. The van der Waals surface area contributed by atoms with Gasteiger partial charge < -0.3 is 9.64 Å². The molecule has 3 rings (SSSR count). The molecule has 0 amide bonds. The molecule has 0 aliphatic heterocycles. The Balaban J connectivity index is 1.89. The van der Waals surface area contributed by atoms with E-state index < -0.39 is 0 Å². The van der Waals surface area contributed by atoms with Crippen LogP contribution in [0.15, 0.2) is 77.4 Å². The van der Waals surface area contributed by atoms with E-state index in [2.05, 4.69) is 32.5 Å². The molecule has 4 nitrogen and oxygen atoms in total. The van der Waals surface area contributed by atoms with Gasteiger partial charge in [-0.1, -0.05) is 30.4 Å². The molecule has 3 aromatic rings. The Bertz CT molecular complexity index is 901. The fraction of sp³-hybridized carbons (Fsp3) is 0.100. The molecule has 0 aliphatic rings. The van der Waals surface area contributed by atoms with Crippen LogP contribution in [0.25, 0.3) is 0 Å². The van der Waals surface area contributed by atoms with E-state index >= 15 is 0 Å². The smallest absolute Gasteiger partial charge is 0.224 e. The van der Waals surface area contributed by atoms with Crippen LogP contribution in [-0.4, -0.2) is 16.5 Å². The van der Waals surface area contributed by atoms with Gasteiger partial charge in [-0.05, 0) is 70.9 Å². The lowest BCUT2D eigenvalue weighted by Gasteiger charge is -2.25. The maximum Gasteiger partial charge on any atom is 0.224 e. The van der Waals surface area contributed by atoms with Crippen molar-refractivity contribution in [1.29, 1.82) is 0 Å². The Morgan fingerprint density at radius 2 is 1.77 bits per heavy atom. The van der Waals surface area contributed by atoms with Gasteiger partial charge in [0.05, 0.1) is 4.47 Å². The van der Waals surface area contributed by atoms with E-state index in [1.54, 1.807) is 6.20 Å². The van der Waals surface area contributed by atoms with Crippen LogP contribution in [0, 0.1) is 0 Å². The SMILES string of the molecule is C=C(C)CN(c1ccc(Oc2ccccc2)cc1)c1nc(Cl)ncc1Br. The summed E-state index contributed by atoms with van der Waals surface area (Å²) in [5.41, 5.74) is 1.94. The molecule has 1 aromatic heterocycles. The van der Waals surface area contributed by atoms with Gasteiger partial charge in [-0.15, -0.1) is 0 Å². The van der Waals surface area contributed by atoms with Gasteiger partial charge in [0.2, 0.25) is 5.28 Å². The number of aromatic nitrogens is 2. The molecule has 0 saturated heterocycles. The molecule has 6 heteroatoms. The van der Waals surface area contributed by atoms with E-state index in [1.807, 2.05) is 66.4 Å². The maximum absolute atomic E-state index is 5.99. The normalized spacial score (nSPS) is 10.4. The Morgan fingerprint density at radius 3 is 2.42 bits per heavy atom. The largest absolute Gasteiger partial charge is 0.457 e. The van der Waals surface area contributed by atoms with Gasteiger partial charge in [0.15, 0.2) is 5.82 Å². The van der Waals surface area contributed by atoms with Crippen molar-refractivity contribution in [2.75, 3.05) is 11.4 Å². The summed E-state index contributed by atoms with van der Waals surface area (Å²) >= 11 is 9.49. The minimum Gasteiger partial charge on any atom is -0.457 e. The molecule has 0 saturated carbocycles. The van der Waals surface area contributed by atoms with Crippen molar-refractivity contribution < 1.29 is 4.74 Å². The summed E-state index contributed by atoms with van der Waals surface area (Å²) in [5, 5.41) is 0.193. The van der Waals surface area contributed by atoms with Gasteiger partial charge in [0.1, 0.15) is 11.5 Å². The van der Waals surface area contributed by atoms with E-state index in [9.17, 15) is 0 Å². The molecule has 0 unspecified atom stereocenters. The van der Waals surface area contributed by atoms with Crippen molar-refractivity contribution in [1.82, 2.24) is 9.97 Å². The highest BCUT2D eigenvalue weighted by molar-refractivity contribution is 9.10. The zero-order valence-corrected chi connectivity index (χ0v) is 16.5. The number of ether oxygens (including phenoxy) is 1. The van der Waals surface area contributed by atoms with Crippen LogP contribution in [0.5, 0.6) is 11.5 Å². The van der Waals surface area contributed by atoms with Crippen molar-refractivity contribution in [3.63, 3.8) is 0 Å². The second-order valence-corrected chi connectivity index (χ2v) is 6.96. The van der Waals surface area contributed by atoms with Crippen molar-refractivity contribution in [2.45, 2.75) is 6.92 Å². The fourth-order valence-corrected chi connectivity index (χ4v) is 2.94. The standard InChI is InChI=1S/C20H17BrClN3O/c1-14(2)13-25(19-18(21)12-23-20(22)24-19)15-8-10-17(11-9-15)26-16-6-4-3-5-7-16/h3-12H,1,13H2,2H3. The Hall–Kier alpha value is -2.37. The van der Waals surface area contributed by atoms with Crippen LogP contribution in [0.1, 0.15) is 6.92 Å². The molecule has 0 N–H and O–H groups in total. The van der Waals surface area contributed by atoms with Crippen molar-refractivity contribution in [2.24, 2.45) is 0 Å². The predicted molar refractivity (Wildman–Crippen MR) is 110 cm³/mol. The predicted octanol–water partition coefficient (Wildman–Crippen LogP) is 6.40. The number of rotatable bonds is 6. The summed E-state index contributed by atoms with van der Waals surface area (Å²) in [6, 6.07) is 17.5. The summed E-state index contributed by atoms with van der Waals surface area (Å²) in [6.45, 7) is 6.58. The number of nitrogens with zero attached hydrogens (tertiary/aromatic N) is 3. The lowest BCUT2D eigenvalue weighted by Crippen LogP contribution is -2.21. The monoisotopic (exact) mass is 429 g/mol. The first-order chi connectivity index (χ1) is 12.5. The highest BCUT2D eigenvalue weighted by Crippen LogP contribution is 2.33. The van der Waals surface area contributed by atoms with E-state index in [-0.39, 0.29) is 5.28 Å². The topological polar surface area (TPSA) is 38.2 Å². The summed E-state index contributed by atoms with van der Waals surface area (Å²) in [7, 11) is 0. The van der Waals surface area contributed by atoms with Gasteiger partial charge in [-0.3, -0.25) is 0 Å². The van der Waals surface area contributed by atoms with Gasteiger partial charge in [0.25, 0.3) is 0 Å². The van der Waals surface area contributed by atoms with Gasteiger partial charge in [0, 0.05) is 18.4 Å². The summed E-state index contributed by atoms with van der Waals surface area (Å²) in [6.07, 6.45) is 1.64. The Labute approximate surface area is 166 Å². The number of benzene rings is 2. The molecule has 0 fully saturated rings. The first kappa shape index (κ1) is 18.4. The zero-order valence-electron chi connectivity index (χ0n) is 14.2. The first-order valence-corrected chi connectivity index (χ1v) is 9.13. The van der Waals surface area contributed by atoms with E-state index in [1.165, 1.54) is 0 Å². The fourth-order valence-electron chi connectivity index (χ4n) is 2.40. The maximum atomic E-state index is 5.99. The average Bonchev–Trinajstić information content (AvgIpc) is 2.63. The first-order valence-electron chi connectivity index (χ1n) is 7.96. The molecule has 0 bridgehead atoms. The summed E-state index contributed by atoms with van der Waals surface area (Å²) in [4.78, 5) is 10.4. The van der Waals surface area contributed by atoms with Crippen LogP contribution >= 0.6 is 27.5 Å². The van der Waals surface area contributed by atoms with Crippen LogP contribution in [-0.2, 0) is 0 Å². The minimum absolute atomic E-state index is 0.193. The summed E-state index contributed by atoms with van der Waals surface area (Å²) in [5.74, 6) is 2.24. The molecule has 2 aromatic carbocycles. The van der Waals surface area contributed by atoms with Crippen LogP contribution in [0.2, 0.25) is 5.28 Å². The van der Waals surface area contributed by atoms with Gasteiger partial charge >= 0.3 is 0 Å². The molecule has 26 heavy (non-hydrogen) atoms. The lowest BCUT2D eigenvalue weighted by atomic mass is 10.2. The van der Waals surface area contributed by atoms with Crippen LogP contribution < -0.4 is 9.64 Å². The third-order valence-corrected chi connectivity index (χ3v) is 4.25. The van der Waals surface area contributed by atoms with Gasteiger partial charge in [-0.25, -0.2) is 4.98 Å². The van der Waals surface area contributed by atoms with E-state index in [0.29, 0.717) is 12.4 Å². The molecule has 0 spiro atoms. The quantitative estimate of drug-likeness (QED) is 0.335. The van der Waals surface area contributed by atoms with E-state index in [0.717, 1.165) is 27.2 Å². The van der Waals surface area contributed by atoms with Gasteiger partial charge in [-0.2, -0.15) is 4.98 Å². The highest BCUT2D eigenvalue weighted by Gasteiger charge is 2.16. The summed E-state index contributed by atoms with van der Waals surface area (Å²) < 4.78 is 6.61. The molecule has 1 heterocycles. The van der Waals surface area contributed by atoms with Crippen molar-refractivity contribution >= 4 is 39.0 Å². The third kappa shape index (κ3) is 4.62. The van der Waals surface area contributed by atoms with Crippen LogP contribution in [0.3, 0.4) is 0 Å². The molecule has 0 atom stereocenters. The Morgan fingerprint density at radius 1 is 1.12 bits per heavy atom. The van der Waals surface area contributed by atoms with Crippen molar-refractivity contribution in [3.8, 4) is 11.5 Å². The second-order valence-electron chi connectivity index (χ2n) is 5.76. The van der Waals surface area contributed by atoms with Crippen LogP contribution in [0.4, 0.5) is 11.5 Å². The zero-order chi connectivity index (χ0) is 18.5. The number of halogens is 2. The molecule has 0 radical (unpaired) electrons. The molecule has 132 valence electrons. The molecule has 0 aliphatic carbocycles. The number of para-hydroxylation sites is 1. The number of hydrogen-bond acceptors (Lipinski definition) is 4. The third-order valence-electron chi connectivity index (χ3n) is 3.51. The number of hydrogen-bond donors (Lipinski definition) is 0. The second kappa shape index (κ2) is 8.34. The Kier molecular flexibility index (Phi) is 5.91. The average molecular weight is 431 g/mol. The lowest BCUT2D eigenvalue weighted by molar-refractivity contribution is 0.482. The molecular weight excluding hydrogens is 414 g/mol. The number of anilines is 2.